The van der Waals surface area contributed by atoms with Crippen LogP contribution in [0.3, 0.4) is 0 Å². The molecule has 8 nitrogen and oxygen atoms in total. The summed E-state index contributed by atoms with van der Waals surface area (Å²) < 4.78 is 12.2. The number of carbonyl (C=O) groups excluding carboxylic acids is 3. The normalized spacial score (nSPS) is 31.4. The molecule has 3 heterocycles. The molecule has 1 spiro atoms. The molecule has 6 atom stereocenters. The number of aliphatic hydroxyl groups excluding tert-OH is 1. The van der Waals surface area contributed by atoms with Gasteiger partial charge in [0.2, 0.25) is 5.91 Å². The number of hydrogen-bond acceptors (Lipinski definition) is 6. The van der Waals surface area contributed by atoms with Crippen LogP contribution in [-0.2, 0) is 23.9 Å². The van der Waals surface area contributed by atoms with E-state index in [0.29, 0.717) is 36.5 Å². The van der Waals surface area contributed by atoms with E-state index >= 15 is 0 Å². The third kappa shape index (κ3) is 4.54. The summed E-state index contributed by atoms with van der Waals surface area (Å²) in [5, 5.41) is 9.55. The number of esters is 1. The maximum Gasteiger partial charge on any atom is 0.312 e. The molecule has 0 saturated carbocycles. The van der Waals surface area contributed by atoms with E-state index in [0.717, 1.165) is 12.8 Å². The smallest absolute Gasteiger partial charge is 0.312 e. The molecular formula is C29H39ClN2O6. The summed E-state index contributed by atoms with van der Waals surface area (Å²) in [6, 6.07) is 6.17. The van der Waals surface area contributed by atoms with E-state index in [2.05, 4.69) is 6.58 Å². The van der Waals surface area contributed by atoms with Crippen LogP contribution in [-0.4, -0.2) is 71.3 Å². The molecule has 2 bridgehead atoms. The molecule has 3 unspecified atom stereocenters. The maximum atomic E-state index is 14.5. The molecular weight excluding hydrogens is 508 g/mol. The summed E-state index contributed by atoms with van der Waals surface area (Å²) in [6.07, 6.45) is 5.10. The van der Waals surface area contributed by atoms with Gasteiger partial charge in [-0.3, -0.25) is 14.4 Å². The van der Waals surface area contributed by atoms with Gasteiger partial charge in [-0.25, -0.2) is 0 Å². The first-order chi connectivity index (χ1) is 18.2. The van der Waals surface area contributed by atoms with Crippen molar-refractivity contribution in [2.45, 2.75) is 70.1 Å². The molecule has 3 fully saturated rings. The number of unbranched alkanes of at least 4 members (excludes halogenated alkanes) is 3. The molecule has 1 N–H and O–H groups in total. The van der Waals surface area contributed by atoms with Gasteiger partial charge in [-0.15, -0.1) is 6.58 Å². The second kappa shape index (κ2) is 11.4. The van der Waals surface area contributed by atoms with E-state index in [1.807, 2.05) is 19.9 Å². The van der Waals surface area contributed by atoms with Crippen LogP contribution in [0.15, 0.2) is 36.9 Å². The van der Waals surface area contributed by atoms with Gasteiger partial charge >= 0.3 is 5.97 Å². The van der Waals surface area contributed by atoms with Crippen LogP contribution in [0.1, 0.15) is 52.9 Å². The summed E-state index contributed by atoms with van der Waals surface area (Å²) in [4.78, 5) is 45.1. The fourth-order valence-electron chi connectivity index (χ4n) is 6.85. The van der Waals surface area contributed by atoms with Crippen LogP contribution in [0.2, 0.25) is 5.02 Å². The van der Waals surface area contributed by atoms with Gasteiger partial charge in [-0.05, 0) is 51.2 Å². The number of nitrogens with zero attached hydrogens (tertiary/aromatic N) is 2. The van der Waals surface area contributed by atoms with Crippen molar-refractivity contribution in [2.24, 2.45) is 17.8 Å². The molecule has 1 aromatic rings. The number of aliphatic hydroxyl groups is 1. The Kier molecular flexibility index (Phi) is 8.55. The molecule has 2 amide bonds. The lowest BCUT2D eigenvalue weighted by atomic mass is 9.62. The Bertz CT molecular complexity index is 1080. The third-order valence-corrected chi connectivity index (χ3v) is 8.94. The second-order valence-electron chi connectivity index (χ2n) is 10.8. The number of hydrogen-bond donors (Lipinski definition) is 1. The van der Waals surface area contributed by atoms with Gasteiger partial charge in [0.15, 0.2) is 0 Å². The van der Waals surface area contributed by atoms with Crippen molar-refractivity contribution >= 4 is 35.1 Å². The van der Waals surface area contributed by atoms with E-state index in [1.54, 1.807) is 41.0 Å². The number of benzene rings is 1. The second-order valence-corrected chi connectivity index (χ2v) is 11.2. The predicted octanol–water partition coefficient (Wildman–Crippen LogP) is 3.99. The lowest BCUT2D eigenvalue weighted by Crippen LogP contribution is -2.57. The Morgan fingerprint density at radius 1 is 1.29 bits per heavy atom. The van der Waals surface area contributed by atoms with Crippen molar-refractivity contribution in [3.63, 3.8) is 0 Å². The Labute approximate surface area is 229 Å². The lowest BCUT2D eigenvalue weighted by Gasteiger charge is -2.37. The highest BCUT2D eigenvalue weighted by Gasteiger charge is 2.80. The van der Waals surface area contributed by atoms with Crippen LogP contribution >= 0.6 is 11.6 Å². The van der Waals surface area contributed by atoms with Crippen LogP contribution in [0, 0.1) is 17.8 Å². The summed E-state index contributed by atoms with van der Waals surface area (Å²) in [5.41, 5.74) is -1.53. The number of carbonyl (C=O) groups is 3. The molecule has 4 rings (SSSR count). The van der Waals surface area contributed by atoms with Gasteiger partial charge in [0.1, 0.15) is 17.6 Å². The molecule has 3 aliphatic heterocycles. The van der Waals surface area contributed by atoms with Crippen molar-refractivity contribution < 1.29 is 29.0 Å². The zero-order valence-electron chi connectivity index (χ0n) is 22.5. The number of para-hydroxylation sites is 1. The number of fused-ring (bicyclic) bond motifs is 1. The van der Waals surface area contributed by atoms with Crippen molar-refractivity contribution in [3.05, 3.63) is 41.9 Å². The van der Waals surface area contributed by atoms with E-state index in [-0.39, 0.29) is 37.5 Å². The number of amides is 2. The van der Waals surface area contributed by atoms with Crippen LogP contribution in [0.25, 0.3) is 0 Å². The Morgan fingerprint density at radius 2 is 2.00 bits per heavy atom. The minimum Gasteiger partial charge on any atom is -0.466 e. The molecule has 3 saturated heterocycles. The highest BCUT2D eigenvalue weighted by molar-refractivity contribution is 6.34. The quantitative estimate of drug-likeness (QED) is 0.242. The molecule has 0 radical (unpaired) electrons. The van der Waals surface area contributed by atoms with Crippen LogP contribution < -0.4 is 4.90 Å². The molecule has 0 aromatic heterocycles. The van der Waals surface area contributed by atoms with Crippen molar-refractivity contribution in [3.8, 4) is 0 Å². The molecule has 1 aromatic carbocycles. The monoisotopic (exact) mass is 546 g/mol. The van der Waals surface area contributed by atoms with Gasteiger partial charge in [0.05, 0.1) is 28.8 Å². The Hall–Kier alpha value is -2.42. The number of ether oxygens (including phenoxy) is 2. The van der Waals surface area contributed by atoms with Crippen LogP contribution in [0.4, 0.5) is 5.69 Å². The first kappa shape index (κ1) is 28.6. The maximum absolute atomic E-state index is 14.5. The topological polar surface area (TPSA) is 96.4 Å². The van der Waals surface area contributed by atoms with E-state index in [4.69, 9.17) is 26.2 Å². The number of likely N-dealkylation sites (tertiary alicyclic amines) is 1. The molecule has 3 aliphatic rings. The highest BCUT2D eigenvalue weighted by Crippen LogP contribution is 2.65. The average molecular weight is 547 g/mol. The first-order valence-corrected chi connectivity index (χ1v) is 14.0. The minimum absolute atomic E-state index is 0.0612. The van der Waals surface area contributed by atoms with Gasteiger partial charge in [-0.2, -0.15) is 0 Å². The van der Waals surface area contributed by atoms with E-state index in [1.165, 1.54) is 0 Å². The number of rotatable bonds is 12. The summed E-state index contributed by atoms with van der Waals surface area (Å²) in [5.74, 6) is -2.64. The molecule has 9 heteroatoms. The standard InChI is InChI=1S/C29H39ClN2O6/c1-5-15-31(21-14-10-9-13-20(21)30)26(35)24-29-18-19(3)28(4,38-29)23(27(36)37-6-2)22(29)25(34)32(24)16-11-7-8-12-17-33/h5,9-10,13-14,19,22-24,33H,1,6-8,11-12,15-18H2,2-4H3/t19?,22-,23-,24?,28+,29?/m0/s1. The fraction of sp³-hybridized carbons (Fsp3) is 0.621. The predicted molar refractivity (Wildman–Crippen MR) is 145 cm³/mol. The fourth-order valence-corrected chi connectivity index (χ4v) is 7.09. The van der Waals surface area contributed by atoms with E-state index < -0.39 is 35.0 Å². The Morgan fingerprint density at radius 3 is 2.66 bits per heavy atom. The highest BCUT2D eigenvalue weighted by atomic mass is 35.5. The zero-order chi connectivity index (χ0) is 27.7. The van der Waals surface area contributed by atoms with Crippen LogP contribution in [0.5, 0.6) is 0 Å². The Balaban J connectivity index is 1.77. The molecule has 38 heavy (non-hydrogen) atoms. The third-order valence-electron chi connectivity index (χ3n) is 8.62. The van der Waals surface area contributed by atoms with E-state index in [9.17, 15) is 14.4 Å². The van der Waals surface area contributed by atoms with Gasteiger partial charge in [0.25, 0.3) is 5.91 Å². The molecule has 0 aliphatic carbocycles. The zero-order valence-corrected chi connectivity index (χ0v) is 23.3. The van der Waals surface area contributed by atoms with Crippen molar-refractivity contribution in [1.82, 2.24) is 4.90 Å². The summed E-state index contributed by atoms with van der Waals surface area (Å²) >= 11 is 6.51. The summed E-state index contributed by atoms with van der Waals surface area (Å²) in [6.45, 7) is 10.3. The van der Waals surface area contributed by atoms with Crippen molar-refractivity contribution in [2.75, 3.05) is 31.2 Å². The SMILES string of the molecule is C=CCN(C(=O)C1N(CCCCCCO)C(=O)[C@@H]2[C@@H](C(=O)OCC)[C@]3(C)OC12CC3C)c1ccccc1Cl. The largest absolute Gasteiger partial charge is 0.466 e. The minimum atomic E-state index is -1.15. The average Bonchev–Trinajstić information content (AvgIpc) is 3.39. The number of halogens is 1. The van der Waals surface area contributed by atoms with Gasteiger partial charge in [0, 0.05) is 19.7 Å². The molecule has 208 valence electrons. The number of anilines is 1. The summed E-state index contributed by atoms with van der Waals surface area (Å²) in [7, 11) is 0. The van der Waals surface area contributed by atoms with Gasteiger partial charge < -0.3 is 24.4 Å². The van der Waals surface area contributed by atoms with Crippen molar-refractivity contribution in [1.29, 1.82) is 0 Å². The lowest BCUT2D eigenvalue weighted by molar-refractivity contribution is -0.161. The first-order valence-electron chi connectivity index (χ1n) is 13.6. The van der Waals surface area contributed by atoms with Gasteiger partial charge in [-0.1, -0.05) is 49.6 Å².